The zero-order valence-corrected chi connectivity index (χ0v) is 14.9. The number of hydrogen-bond acceptors (Lipinski definition) is 4. The maximum absolute atomic E-state index is 12.5. The van der Waals surface area contributed by atoms with Crippen molar-refractivity contribution in [2.24, 2.45) is 5.92 Å². The minimum absolute atomic E-state index is 0.222. The van der Waals surface area contributed by atoms with Crippen molar-refractivity contribution in [1.82, 2.24) is 0 Å². The predicted octanol–water partition coefficient (Wildman–Crippen LogP) is 4.25. The van der Waals surface area contributed by atoms with E-state index >= 15 is 0 Å². The van der Waals surface area contributed by atoms with Gasteiger partial charge in [0.15, 0.2) is 0 Å². The first-order valence-corrected chi connectivity index (χ1v) is 8.81. The Morgan fingerprint density at radius 2 is 1.79 bits per heavy atom. The molecule has 2 aromatic carbocycles. The van der Waals surface area contributed by atoms with E-state index < -0.39 is 6.36 Å². The number of halogens is 3. The lowest BCUT2D eigenvalue weighted by molar-refractivity contribution is -0.274. The van der Waals surface area contributed by atoms with Gasteiger partial charge in [0.2, 0.25) is 5.91 Å². The van der Waals surface area contributed by atoms with Gasteiger partial charge >= 0.3 is 6.36 Å². The fraction of sp³-hybridized carbons (Fsp3) is 0.300. The molecule has 0 saturated carbocycles. The Balaban J connectivity index is 1.55. The topological polar surface area (TPSA) is 58.6 Å². The van der Waals surface area contributed by atoms with Gasteiger partial charge in [0, 0.05) is 42.0 Å². The van der Waals surface area contributed by atoms with E-state index in [0.29, 0.717) is 31.5 Å². The lowest BCUT2D eigenvalue weighted by Gasteiger charge is -2.33. The third kappa shape index (κ3) is 5.25. The summed E-state index contributed by atoms with van der Waals surface area (Å²) in [6.07, 6.45) is -2.74. The maximum Gasteiger partial charge on any atom is 0.573 e. The minimum atomic E-state index is -4.78. The average Bonchev–Trinajstić information content (AvgIpc) is 2.67. The Kier molecular flexibility index (Phi) is 5.87. The first-order chi connectivity index (χ1) is 13.3. The molecule has 1 N–H and O–H groups in total. The normalized spacial score (nSPS) is 15.2. The standard InChI is InChI=1S/C20H19F3N2O3/c21-20(22,23)28-18-3-1-2-16(12-18)24-19(27)15-8-10-25(11-9-15)17-6-4-14(13-26)5-7-17/h1-7,12-13,15H,8-11H2,(H,24,27). The molecule has 2 aromatic rings. The molecule has 0 atom stereocenters. The molecule has 0 spiro atoms. The molecular weight excluding hydrogens is 373 g/mol. The second-order valence-corrected chi connectivity index (χ2v) is 6.54. The zero-order chi connectivity index (χ0) is 20.1. The number of nitrogens with one attached hydrogen (secondary N) is 1. The fourth-order valence-electron chi connectivity index (χ4n) is 3.18. The van der Waals surface area contributed by atoms with Crippen molar-refractivity contribution in [3.63, 3.8) is 0 Å². The summed E-state index contributed by atoms with van der Waals surface area (Å²) >= 11 is 0. The summed E-state index contributed by atoms with van der Waals surface area (Å²) in [7, 11) is 0. The predicted molar refractivity (Wildman–Crippen MR) is 98.5 cm³/mol. The number of rotatable bonds is 5. The summed E-state index contributed by atoms with van der Waals surface area (Å²) in [6, 6.07) is 12.5. The SMILES string of the molecule is O=Cc1ccc(N2CCC(C(=O)Nc3cccc(OC(F)(F)F)c3)CC2)cc1. The summed E-state index contributed by atoms with van der Waals surface area (Å²) in [5, 5.41) is 2.66. The fourth-order valence-corrected chi connectivity index (χ4v) is 3.18. The largest absolute Gasteiger partial charge is 0.573 e. The summed E-state index contributed by atoms with van der Waals surface area (Å²) in [6.45, 7) is 1.35. The van der Waals surface area contributed by atoms with E-state index in [-0.39, 0.29) is 23.3 Å². The Bertz CT molecular complexity index is 829. The van der Waals surface area contributed by atoms with E-state index in [2.05, 4.69) is 15.0 Å². The van der Waals surface area contributed by atoms with E-state index in [1.54, 1.807) is 12.1 Å². The van der Waals surface area contributed by atoms with Gasteiger partial charge in [-0.15, -0.1) is 13.2 Å². The summed E-state index contributed by atoms with van der Waals surface area (Å²) < 4.78 is 40.8. The molecule has 148 valence electrons. The Hall–Kier alpha value is -3.03. The van der Waals surface area contributed by atoms with Crippen LogP contribution >= 0.6 is 0 Å². The number of nitrogens with zero attached hydrogens (tertiary/aromatic N) is 1. The van der Waals surface area contributed by atoms with Crippen LogP contribution in [0.25, 0.3) is 0 Å². The van der Waals surface area contributed by atoms with Crippen molar-refractivity contribution < 1.29 is 27.5 Å². The lowest BCUT2D eigenvalue weighted by atomic mass is 9.95. The highest BCUT2D eigenvalue weighted by molar-refractivity contribution is 5.92. The van der Waals surface area contributed by atoms with E-state index in [9.17, 15) is 22.8 Å². The van der Waals surface area contributed by atoms with Crippen molar-refractivity contribution in [3.05, 3.63) is 54.1 Å². The number of carbonyl (C=O) groups excluding carboxylic acids is 2. The van der Waals surface area contributed by atoms with Crippen LogP contribution in [0, 0.1) is 5.92 Å². The first-order valence-electron chi connectivity index (χ1n) is 8.81. The number of ether oxygens (including phenoxy) is 1. The average molecular weight is 392 g/mol. The van der Waals surface area contributed by atoms with Crippen LogP contribution in [0.4, 0.5) is 24.5 Å². The van der Waals surface area contributed by atoms with Crippen molar-refractivity contribution >= 4 is 23.6 Å². The molecule has 0 aliphatic carbocycles. The summed E-state index contributed by atoms with van der Waals surface area (Å²) in [5.74, 6) is -0.823. The van der Waals surface area contributed by atoms with E-state index in [1.165, 1.54) is 18.2 Å². The second kappa shape index (κ2) is 8.33. The molecule has 1 aliphatic rings. The van der Waals surface area contributed by atoms with Gasteiger partial charge < -0.3 is 15.0 Å². The molecule has 1 fully saturated rings. The molecule has 5 nitrogen and oxygen atoms in total. The highest BCUT2D eigenvalue weighted by atomic mass is 19.4. The Morgan fingerprint density at radius 1 is 1.11 bits per heavy atom. The number of carbonyl (C=O) groups is 2. The van der Waals surface area contributed by atoms with E-state index in [1.807, 2.05) is 12.1 Å². The van der Waals surface area contributed by atoms with Crippen LogP contribution in [-0.2, 0) is 4.79 Å². The molecule has 3 rings (SSSR count). The molecule has 1 saturated heterocycles. The number of alkyl halides is 3. The second-order valence-electron chi connectivity index (χ2n) is 6.54. The highest BCUT2D eigenvalue weighted by Gasteiger charge is 2.31. The molecule has 0 unspecified atom stereocenters. The molecule has 1 aliphatic heterocycles. The molecule has 0 radical (unpaired) electrons. The lowest BCUT2D eigenvalue weighted by Crippen LogP contribution is -2.38. The smallest absolute Gasteiger partial charge is 0.406 e. The Labute approximate surface area is 160 Å². The van der Waals surface area contributed by atoms with Crippen LogP contribution < -0.4 is 15.0 Å². The first kappa shape index (κ1) is 19.7. The molecule has 1 amide bonds. The summed E-state index contributed by atoms with van der Waals surface area (Å²) in [5.41, 5.74) is 1.86. The van der Waals surface area contributed by atoms with Crippen LogP contribution in [0.3, 0.4) is 0 Å². The molecule has 0 bridgehead atoms. The van der Waals surface area contributed by atoms with Gasteiger partial charge in [-0.25, -0.2) is 0 Å². The van der Waals surface area contributed by atoms with Crippen molar-refractivity contribution in [2.75, 3.05) is 23.3 Å². The molecule has 0 aromatic heterocycles. The molecule has 8 heteroatoms. The quantitative estimate of drug-likeness (QED) is 0.773. The van der Waals surface area contributed by atoms with Crippen LogP contribution in [-0.4, -0.2) is 31.6 Å². The number of hydrogen-bond donors (Lipinski definition) is 1. The molecule has 28 heavy (non-hydrogen) atoms. The van der Waals surface area contributed by atoms with Crippen LogP contribution in [0.5, 0.6) is 5.75 Å². The number of benzene rings is 2. The van der Waals surface area contributed by atoms with Gasteiger partial charge in [-0.3, -0.25) is 9.59 Å². The van der Waals surface area contributed by atoms with Gasteiger partial charge in [-0.05, 0) is 49.2 Å². The van der Waals surface area contributed by atoms with Gasteiger partial charge in [-0.2, -0.15) is 0 Å². The van der Waals surface area contributed by atoms with Crippen LogP contribution in [0.15, 0.2) is 48.5 Å². The number of amides is 1. The number of anilines is 2. The summed E-state index contributed by atoms with van der Waals surface area (Å²) in [4.78, 5) is 25.3. The molecular formula is C20H19F3N2O3. The van der Waals surface area contributed by atoms with E-state index in [4.69, 9.17) is 0 Å². The van der Waals surface area contributed by atoms with Gasteiger partial charge in [-0.1, -0.05) is 6.07 Å². The van der Waals surface area contributed by atoms with Gasteiger partial charge in [0.05, 0.1) is 0 Å². The third-order valence-electron chi connectivity index (χ3n) is 4.60. The minimum Gasteiger partial charge on any atom is -0.406 e. The van der Waals surface area contributed by atoms with Gasteiger partial charge in [0.1, 0.15) is 12.0 Å². The van der Waals surface area contributed by atoms with Crippen LogP contribution in [0.2, 0.25) is 0 Å². The number of aldehydes is 1. The zero-order valence-electron chi connectivity index (χ0n) is 14.9. The van der Waals surface area contributed by atoms with Crippen molar-refractivity contribution in [1.29, 1.82) is 0 Å². The molecule has 1 heterocycles. The Morgan fingerprint density at radius 3 is 2.39 bits per heavy atom. The highest BCUT2D eigenvalue weighted by Crippen LogP contribution is 2.27. The van der Waals surface area contributed by atoms with Crippen LogP contribution in [0.1, 0.15) is 23.2 Å². The van der Waals surface area contributed by atoms with Crippen molar-refractivity contribution in [3.8, 4) is 5.75 Å². The number of piperidine rings is 1. The monoisotopic (exact) mass is 392 g/mol. The van der Waals surface area contributed by atoms with Gasteiger partial charge in [0.25, 0.3) is 0 Å². The third-order valence-corrected chi connectivity index (χ3v) is 4.60. The van der Waals surface area contributed by atoms with E-state index in [0.717, 1.165) is 18.0 Å². The van der Waals surface area contributed by atoms with Crippen molar-refractivity contribution in [2.45, 2.75) is 19.2 Å². The maximum atomic E-state index is 12.5.